The van der Waals surface area contributed by atoms with Crippen LogP contribution in [0.1, 0.15) is 33.2 Å². The van der Waals surface area contributed by atoms with E-state index < -0.39 is 6.04 Å². The molecule has 1 aliphatic heterocycles. The molecule has 5 nitrogen and oxygen atoms in total. The van der Waals surface area contributed by atoms with Crippen LogP contribution in [-0.2, 0) is 0 Å². The van der Waals surface area contributed by atoms with Crippen molar-refractivity contribution < 1.29 is 14.3 Å². The van der Waals surface area contributed by atoms with Crippen LogP contribution < -0.4 is 0 Å². The number of H-pyrrole nitrogens is 1. The van der Waals surface area contributed by atoms with E-state index >= 15 is 0 Å². The molecule has 2 N–H and O–H groups in total. The van der Waals surface area contributed by atoms with E-state index in [9.17, 15) is 14.3 Å². The maximum atomic E-state index is 13.3. The van der Waals surface area contributed by atoms with Crippen LogP contribution in [0.15, 0.2) is 42.5 Å². The quantitative estimate of drug-likeness (QED) is 0.753. The molecule has 0 saturated heterocycles. The molecule has 1 aliphatic rings. The third-order valence-corrected chi connectivity index (χ3v) is 4.59. The van der Waals surface area contributed by atoms with Gasteiger partial charge in [-0.1, -0.05) is 23.8 Å². The molecular formula is C19H16FN3O2. The summed E-state index contributed by atoms with van der Waals surface area (Å²) in [6.07, 6.45) is 0. The summed E-state index contributed by atoms with van der Waals surface area (Å²) in [5.74, 6) is -0.422. The Bertz CT molecular complexity index is 979. The van der Waals surface area contributed by atoms with Crippen LogP contribution in [0, 0.1) is 12.7 Å². The summed E-state index contributed by atoms with van der Waals surface area (Å²) in [6.45, 7) is 1.92. The molecule has 0 saturated carbocycles. The normalized spacial score (nSPS) is 16.4. The van der Waals surface area contributed by atoms with Crippen LogP contribution in [0.25, 0.3) is 11.3 Å². The van der Waals surface area contributed by atoms with Gasteiger partial charge in [-0.15, -0.1) is 0 Å². The van der Waals surface area contributed by atoms with E-state index in [1.165, 1.54) is 12.1 Å². The first-order valence-corrected chi connectivity index (χ1v) is 7.88. The van der Waals surface area contributed by atoms with Crippen molar-refractivity contribution in [1.82, 2.24) is 15.1 Å². The molecular weight excluding hydrogens is 321 g/mol. The lowest BCUT2D eigenvalue weighted by molar-refractivity contribution is 0.0788. The maximum Gasteiger partial charge on any atom is 0.272 e. The number of aromatic hydroxyl groups is 1. The van der Waals surface area contributed by atoms with Crippen LogP contribution in [0.2, 0.25) is 0 Å². The van der Waals surface area contributed by atoms with Gasteiger partial charge in [0.25, 0.3) is 5.91 Å². The summed E-state index contributed by atoms with van der Waals surface area (Å²) >= 11 is 0. The molecule has 4 rings (SSSR count). The van der Waals surface area contributed by atoms with E-state index in [1.807, 2.05) is 13.0 Å². The zero-order valence-corrected chi connectivity index (χ0v) is 13.7. The summed E-state index contributed by atoms with van der Waals surface area (Å²) in [5.41, 5.74) is 3.94. The average Bonchev–Trinajstić information content (AvgIpc) is 3.11. The molecule has 0 bridgehead atoms. The molecule has 126 valence electrons. The van der Waals surface area contributed by atoms with Gasteiger partial charge in [-0.2, -0.15) is 5.10 Å². The highest BCUT2D eigenvalue weighted by Gasteiger charge is 2.40. The molecule has 25 heavy (non-hydrogen) atoms. The van der Waals surface area contributed by atoms with Gasteiger partial charge < -0.3 is 10.0 Å². The van der Waals surface area contributed by atoms with Gasteiger partial charge in [0, 0.05) is 18.2 Å². The van der Waals surface area contributed by atoms with Crippen molar-refractivity contribution in [2.75, 3.05) is 7.05 Å². The van der Waals surface area contributed by atoms with Crippen molar-refractivity contribution in [3.05, 3.63) is 70.7 Å². The first kappa shape index (κ1) is 15.4. The van der Waals surface area contributed by atoms with Gasteiger partial charge >= 0.3 is 0 Å². The average molecular weight is 337 g/mol. The lowest BCUT2D eigenvalue weighted by Gasteiger charge is -2.22. The Morgan fingerprint density at radius 2 is 1.92 bits per heavy atom. The van der Waals surface area contributed by atoms with E-state index in [1.54, 1.807) is 36.2 Å². The molecule has 2 aromatic carbocycles. The summed E-state index contributed by atoms with van der Waals surface area (Å²) < 4.78 is 13.3. The van der Waals surface area contributed by atoms with Crippen molar-refractivity contribution in [2.24, 2.45) is 0 Å². The highest BCUT2D eigenvalue weighted by atomic mass is 19.1. The monoisotopic (exact) mass is 337 g/mol. The zero-order valence-electron chi connectivity index (χ0n) is 13.7. The fourth-order valence-electron chi connectivity index (χ4n) is 3.35. The Labute approximate surface area is 143 Å². The molecule has 6 heteroatoms. The molecule has 2 heterocycles. The number of carbonyl (C=O) groups excluding carboxylic acids is 1. The van der Waals surface area contributed by atoms with E-state index in [-0.39, 0.29) is 17.5 Å². The van der Waals surface area contributed by atoms with E-state index in [4.69, 9.17) is 0 Å². The fourth-order valence-corrected chi connectivity index (χ4v) is 3.35. The minimum Gasteiger partial charge on any atom is -0.507 e. The second kappa shape index (κ2) is 5.44. The molecule has 0 fully saturated rings. The largest absolute Gasteiger partial charge is 0.507 e. The first-order valence-electron chi connectivity index (χ1n) is 7.88. The topological polar surface area (TPSA) is 69.2 Å². The maximum absolute atomic E-state index is 13.3. The van der Waals surface area contributed by atoms with Crippen molar-refractivity contribution in [2.45, 2.75) is 13.0 Å². The van der Waals surface area contributed by atoms with Gasteiger partial charge in [0.1, 0.15) is 23.0 Å². The third-order valence-electron chi connectivity index (χ3n) is 4.59. The highest BCUT2D eigenvalue weighted by Crippen LogP contribution is 2.43. The number of hydrogen-bond donors (Lipinski definition) is 2. The van der Waals surface area contributed by atoms with Crippen molar-refractivity contribution in [3.63, 3.8) is 0 Å². The summed E-state index contributed by atoms with van der Waals surface area (Å²) in [6, 6.07) is 10.9. The predicted molar refractivity (Wildman–Crippen MR) is 90.8 cm³/mol. The minimum absolute atomic E-state index is 0.0970. The van der Waals surface area contributed by atoms with Gasteiger partial charge in [0.2, 0.25) is 0 Å². The molecule has 0 aliphatic carbocycles. The number of aromatic nitrogens is 2. The number of amides is 1. The molecule has 0 spiro atoms. The molecule has 0 unspecified atom stereocenters. The van der Waals surface area contributed by atoms with Crippen LogP contribution in [-0.4, -0.2) is 33.2 Å². The van der Waals surface area contributed by atoms with Gasteiger partial charge in [0.05, 0.1) is 6.04 Å². The summed E-state index contributed by atoms with van der Waals surface area (Å²) in [5, 5.41) is 17.3. The van der Waals surface area contributed by atoms with Gasteiger partial charge in [-0.05, 0) is 36.8 Å². The number of benzene rings is 2. The van der Waals surface area contributed by atoms with Gasteiger partial charge in [-0.25, -0.2) is 4.39 Å². The Balaban J connectivity index is 1.93. The number of aryl methyl sites for hydroxylation is 1. The number of halogens is 1. The van der Waals surface area contributed by atoms with Crippen LogP contribution in [0.4, 0.5) is 4.39 Å². The number of fused-ring (bicyclic) bond motifs is 1. The second-order valence-electron chi connectivity index (χ2n) is 6.25. The smallest absolute Gasteiger partial charge is 0.272 e. The molecule has 1 amide bonds. The van der Waals surface area contributed by atoms with Crippen LogP contribution in [0.3, 0.4) is 0 Å². The SMILES string of the molecule is Cc1ccc(O)c(-c2n[nH]c3c2[C@@H](c2ccc(F)cc2)N(C)C3=O)c1. The standard InChI is InChI=1S/C19H16FN3O2/c1-10-3-8-14(24)13(9-10)16-15-17(22-21-16)19(25)23(2)18(15)11-4-6-12(20)7-5-11/h3-9,18,24H,1-2H3,(H,21,22)/t18-/m1/s1. The Kier molecular flexibility index (Phi) is 3.35. The number of nitrogens with one attached hydrogen (secondary N) is 1. The molecule has 1 atom stereocenters. The van der Waals surface area contributed by atoms with E-state index in [2.05, 4.69) is 10.2 Å². The number of nitrogens with zero attached hydrogens (tertiary/aromatic N) is 2. The lowest BCUT2D eigenvalue weighted by Crippen LogP contribution is -2.24. The number of carbonyl (C=O) groups is 1. The number of phenols is 1. The summed E-state index contributed by atoms with van der Waals surface area (Å²) in [7, 11) is 1.70. The number of rotatable bonds is 2. The molecule has 3 aromatic rings. The second-order valence-corrected chi connectivity index (χ2v) is 6.25. The fraction of sp³-hybridized carbons (Fsp3) is 0.158. The first-order chi connectivity index (χ1) is 12.0. The van der Waals surface area contributed by atoms with Crippen molar-refractivity contribution in [3.8, 4) is 17.0 Å². The Morgan fingerprint density at radius 3 is 2.64 bits per heavy atom. The molecule has 0 radical (unpaired) electrons. The Morgan fingerprint density at radius 1 is 1.20 bits per heavy atom. The van der Waals surface area contributed by atoms with Crippen LogP contribution in [0.5, 0.6) is 5.75 Å². The van der Waals surface area contributed by atoms with E-state index in [0.717, 1.165) is 11.1 Å². The highest BCUT2D eigenvalue weighted by molar-refractivity contribution is 6.00. The van der Waals surface area contributed by atoms with Crippen molar-refractivity contribution >= 4 is 5.91 Å². The zero-order chi connectivity index (χ0) is 17.7. The lowest BCUT2D eigenvalue weighted by atomic mass is 9.95. The number of aromatic amines is 1. The predicted octanol–water partition coefficient (Wildman–Crippen LogP) is 3.40. The van der Waals surface area contributed by atoms with Crippen molar-refractivity contribution in [1.29, 1.82) is 0 Å². The number of phenolic OH excluding ortho intramolecular Hbond substituents is 1. The minimum atomic E-state index is -0.392. The van der Waals surface area contributed by atoms with Gasteiger partial charge in [0.15, 0.2) is 0 Å². The third kappa shape index (κ3) is 2.29. The Hall–Kier alpha value is -3.15. The van der Waals surface area contributed by atoms with E-state index in [0.29, 0.717) is 22.5 Å². The summed E-state index contributed by atoms with van der Waals surface area (Å²) in [4.78, 5) is 14.2. The van der Waals surface area contributed by atoms with Crippen LogP contribution >= 0.6 is 0 Å². The van der Waals surface area contributed by atoms with Gasteiger partial charge in [-0.3, -0.25) is 9.89 Å². The number of hydrogen-bond acceptors (Lipinski definition) is 3. The molecule has 1 aromatic heterocycles.